The molecule has 0 aliphatic heterocycles. The standard InChI is InChI=1S/C15H17N5O4/c1-3-6-24-13-5-4-11(8-12(13)20(22)23)9-16-19-15-17-10(2)7-14(21)18-15/h4-5,7-9H,3,6H2,1-2H3,(H2,17,18,19,21)/b16-9-. The number of nitro groups is 1. The summed E-state index contributed by atoms with van der Waals surface area (Å²) in [7, 11) is 0. The molecule has 0 fully saturated rings. The zero-order valence-electron chi connectivity index (χ0n) is 13.3. The van der Waals surface area contributed by atoms with Crippen LogP contribution in [-0.4, -0.2) is 27.7 Å². The molecule has 1 aromatic carbocycles. The number of ether oxygens (including phenoxy) is 1. The van der Waals surface area contributed by atoms with Crippen molar-refractivity contribution in [3.05, 3.63) is 56.0 Å². The smallest absolute Gasteiger partial charge is 0.311 e. The maximum Gasteiger partial charge on any atom is 0.311 e. The number of hydrogen-bond acceptors (Lipinski definition) is 7. The molecule has 0 aliphatic rings. The van der Waals surface area contributed by atoms with Gasteiger partial charge in [0.25, 0.3) is 5.56 Å². The van der Waals surface area contributed by atoms with Gasteiger partial charge in [-0.2, -0.15) is 5.10 Å². The van der Waals surface area contributed by atoms with Crippen LogP contribution in [0.25, 0.3) is 0 Å². The van der Waals surface area contributed by atoms with Crippen molar-refractivity contribution in [3.8, 4) is 5.75 Å². The Morgan fingerprint density at radius 2 is 2.25 bits per heavy atom. The third kappa shape index (κ3) is 4.63. The van der Waals surface area contributed by atoms with Crippen LogP contribution in [0.15, 0.2) is 34.2 Å². The van der Waals surface area contributed by atoms with E-state index >= 15 is 0 Å². The Kier molecular flexibility index (Phi) is 5.61. The second-order valence-electron chi connectivity index (χ2n) is 4.94. The number of nitrogens with one attached hydrogen (secondary N) is 2. The molecule has 2 aromatic rings. The first-order valence-electron chi connectivity index (χ1n) is 7.28. The van der Waals surface area contributed by atoms with Gasteiger partial charge >= 0.3 is 5.69 Å². The highest BCUT2D eigenvalue weighted by Crippen LogP contribution is 2.27. The topological polar surface area (TPSA) is 123 Å². The number of nitrogens with zero attached hydrogens (tertiary/aromatic N) is 3. The van der Waals surface area contributed by atoms with E-state index in [0.717, 1.165) is 6.42 Å². The molecule has 0 spiro atoms. The second kappa shape index (κ2) is 7.86. The van der Waals surface area contributed by atoms with Crippen molar-refractivity contribution in [3.63, 3.8) is 0 Å². The first-order chi connectivity index (χ1) is 11.5. The number of rotatable bonds is 7. The summed E-state index contributed by atoms with van der Waals surface area (Å²) in [6.45, 7) is 4.01. The molecule has 1 aromatic heterocycles. The lowest BCUT2D eigenvalue weighted by molar-refractivity contribution is -0.385. The zero-order valence-corrected chi connectivity index (χ0v) is 13.3. The largest absolute Gasteiger partial charge is 0.487 e. The number of anilines is 1. The number of aromatic amines is 1. The summed E-state index contributed by atoms with van der Waals surface area (Å²) < 4.78 is 5.35. The van der Waals surface area contributed by atoms with Gasteiger partial charge in [-0.3, -0.25) is 19.9 Å². The Hall–Kier alpha value is -3.23. The number of nitro benzene ring substituents is 1. The third-order valence-electron chi connectivity index (χ3n) is 2.90. The predicted molar refractivity (Wildman–Crippen MR) is 89.7 cm³/mol. The van der Waals surface area contributed by atoms with Gasteiger partial charge in [-0.05, 0) is 25.5 Å². The molecular weight excluding hydrogens is 314 g/mol. The second-order valence-corrected chi connectivity index (χ2v) is 4.94. The predicted octanol–water partition coefficient (Wildman–Crippen LogP) is 2.22. The summed E-state index contributed by atoms with van der Waals surface area (Å²) in [5.41, 5.74) is 3.20. The first kappa shape index (κ1) is 17.1. The van der Waals surface area contributed by atoms with Crippen LogP contribution in [0.1, 0.15) is 24.6 Å². The Labute approximate surface area is 137 Å². The SMILES string of the molecule is CCCOc1ccc(/C=N\Nc2nc(C)cc(=O)[nH]2)cc1[N+](=O)[O-]. The highest BCUT2D eigenvalue weighted by molar-refractivity contribution is 5.82. The molecule has 0 atom stereocenters. The summed E-state index contributed by atoms with van der Waals surface area (Å²) in [6.07, 6.45) is 2.14. The summed E-state index contributed by atoms with van der Waals surface area (Å²) in [5.74, 6) is 0.408. The molecule has 0 radical (unpaired) electrons. The Bertz CT molecular complexity index is 816. The maximum atomic E-state index is 11.3. The molecule has 0 saturated heterocycles. The molecule has 126 valence electrons. The van der Waals surface area contributed by atoms with E-state index in [1.807, 2.05) is 6.92 Å². The molecule has 0 unspecified atom stereocenters. The van der Waals surface area contributed by atoms with E-state index in [2.05, 4.69) is 20.5 Å². The number of hydrazone groups is 1. The normalized spacial score (nSPS) is 10.8. The lowest BCUT2D eigenvalue weighted by Crippen LogP contribution is -2.10. The van der Waals surface area contributed by atoms with E-state index in [-0.39, 0.29) is 22.9 Å². The van der Waals surface area contributed by atoms with Crippen molar-refractivity contribution in [1.82, 2.24) is 9.97 Å². The Morgan fingerprint density at radius 3 is 2.92 bits per heavy atom. The van der Waals surface area contributed by atoms with Crippen LogP contribution in [-0.2, 0) is 0 Å². The van der Waals surface area contributed by atoms with Gasteiger partial charge in [0, 0.05) is 23.4 Å². The van der Waals surface area contributed by atoms with Gasteiger partial charge in [-0.25, -0.2) is 10.4 Å². The van der Waals surface area contributed by atoms with Crippen LogP contribution in [0.2, 0.25) is 0 Å². The quantitative estimate of drug-likeness (QED) is 0.455. The third-order valence-corrected chi connectivity index (χ3v) is 2.90. The van der Waals surface area contributed by atoms with Gasteiger partial charge in [0.1, 0.15) is 0 Å². The summed E-state index contributed by atoms with van der Waals surface area (Å²) >= 11 is 0. The van der Waals surface area contributed by atoms with Gasteiger partial charge in [0.15, 0.2) is 5.75 Å². The van der Waals surface area contributed by atoms with Crippen molar-refractivity contribution in [2.24, 2.45) is 5.10 Å². The molecule has 1 heterocycles. The monoisotopic (exact) mass is 331 g/mol. The molecule has 2 N–H and O–H groups in total. The average molecular weight is 331 g/mol. The van der Waals surface area contributed by atoms with E-state index in [0.29, 0.717) is 17.9 Å². The molecule has 0 aliphatic carbocycles. The van der Waals surface area contributed by atoms with Gasteiger partial charge < -0.3 is 4.74 Å². The molecule has 2 rings (SSSR count). The first-order valence-corrected chi connectivity index (χ1v) is 7.28. The van der Waals surface area contributed by atoms with Crippen molar-refractivity contribution < 1.29 is 9.66 Å². The molecule has 0 bridgehead atoms. The molecule has 24 heavy (non-hydrogen) atoms. The van der Waals surface area contributed by atoms with Crippen molar-refractivity contribution >= 4 is 17.9 Å². The van der Waals surface area contributed by atoms with Crippen LogP contribution in [0, 0.1) is 17.0 Å². The van der Waals surface area contributed by atoms with Crippen LogP contribution in [0.5, 0.6) is 5.75 Å². The molecular formula is C15H17N5O4. The molecule has 9 nitrogen and oxygen atoms in total. The van der Waals surface area contributed by atoms with Gasteiger partial charge in [-0.1, -0.05) is 6.92 Å². The van der Waals surface area contributed by atoms with E-state index < -0.39 is 4.92 Å². The Morgan fingerprint density at radius 1 is 1.46 bits per heavy atom. The minimum absolute atomic E-state index is 0.130. The fourth-order valence-corrected chi connectivity index (χ4v) is 1.89. The summed E-state index contributed by atoms with van der Waals surface area (Å²) in [5, 5.41) is 15.0. The number of aryl methyl sites for hydroxylation is 1. The summed E-state index contributed by atoms with van der Waals surface area (Å²) in [6, 6.07) is 5.90. The fraction of sp³-hybridized carbons (Fsp3) is 0.267. The zero-order chi connectivity index (χ0) is 17.5. The van der Waals surface area contributed by atoms with Crippen LogP contribution in [0.3, 0.4) is 0 Å². The van der Waals surface area contributed by atoms with Crippen molar-refractivity contribution in [2.75, 3.05) is 12.0 Å². The highest BCUT2D eigenvalue weighted by Gasteiger charge is 2.15. The van der Waals surface area contributed by atoms with E-state index in [4.69, 9.17) is 4.74 Å². The van der Waals surface area contributed by atoms with Crippen LogP contribution in [0.4, 0.5) is 11.6 Å². The van der Waals surface area contributed by atoms with Crippen LogP contribution < -0.4 is 15.7 Å². The molecule has 9 heteroatoms. The summed E-state index contributed by atoms with van der Waals surface area (Å²) in [4.78, 5) is 28.5. The lowest BCUT2D eigenvalue weighted by atomic mass is 10.2. The number of H-pyrrole nitrogens is 1. The van der Waals surface area contributed by atoms with Gasteiger partial charge in [0.05, 0.1) is 17.7 Å². The van der Waals surface area contributed by atoms with Gasteiger partial charge in [-0.15, -0.1) is 0 Å². The Balaban J connectivity index is 2.15. The van der Waals surface area contributed by atoms with E-state index in [1.165, 1.54) is 24.4 Å². The number of benzene rings is 1. The molecule has 0 amide bonds. The highest BCUT2D eigenvalue weighted by atomic mass is 16.6. The van der Waals surface area contributed by atoms with E-state index in [1.54, 1.807) is 13.0 Å². The average Bonchev–Trinajstić information content (AvgIpc) is 2.52. The molecule has 0 saturated carbocycles. The van der Waals surface area contributed by atoms with E-state index in [9.17, 15) is 14.9 Å². The van der Waals surface area contributed by atoms with Crippen LogP contribution >= 0.6 is 0 Å². The minimum Gasteiger partial charge on any atom is -0.487 e. The van der Waals surface area contributed by atoms with Gasteiger partial charge in [0.2, 0.25) is 5.95 Å². The lowest BCUT2D eigenvalue weighted by Gasteiger charge is -2.05. The maximum absolute atomic E-state index is 11.3. The van der Waals surface area contributed by atoms with Crippen molar-refractivity contribution in [1.29, 1.82) is 0 Å². The number of aromatic nitrogens is 2. The minimum atomic E-state index is -0.505. The van der Waals surface area contributed by atoms with Crippen molar-refractivity contribution in [2.45, 2.75) is 20.3 Å². The fourth-order valence-electron chi connectivity index (χ4n) is 1.89. The number of hydrogen-bond donors (Lipinski definition) is 2.